The van der Waals surface area contributed by atoms with Gasteiger partial charge in [0.15, 0.2) is 6.19 Å². The number of carbonyl (C=O) groups excluding carboxylic acids is 1. The van der Waals surface area contributed by atoms with Gasteiger partial charge in [0.1, 0.15) is 11.4 Å². The molecule has 1 amide bonds. The number of hydrogen-bond donors (Lipinski definition) is 2. The molecule has 6 nitrogen and oxygen atoms in total. The molecule has 1 aromatic heterocycles. The minimum Gasteiger partial charge on any atom is -0.379 e. The number of rotatable bonds is 0. The maximum atomic E-state index is 12.1. The topological polar surface area (TPSA) is 81.1 Å². The molecule has 2 aliphatic rings. The number of nitrogens with zero attached hydrogens (tertiary/aromatic N) is 3. The first kappa shape index (κ1) is 9.90. The van der Waals surface area contributed by atoms with Gasteiger partial charge in [-0.1, -0.05) is 0 Å². The number of amides is 1. The number of aromatic nitrogens is 1. The predicted octanol–water partition coefficient (Wildman–Crippen LogP) is 0.371. The van der Waals surface area contributed by atoms with E-state index in [1.54, 1.807) is 6.20 Å². The van der Waals surface area contributed by atoms with Crippen LogP contribution in [0, 0.1) is 11.5 Å². The number of fused-ring (bicyclic) bond motifs is 1. The molecule has 6 heteroatoms. The maximum Gasteiger partial charge on any atom is 0.263 e. The smallest absolute Gasteiger partial charge is 0.263 e. The van der Waals surface area contributed by atoms with Gasteiger partial charge in [-0.25, -0.2) is 9.88 Å². The molecule has 3 rings (SSSR count). The zero-order valence-corrected chi connectivity index (χ0v) is 9.10. The van der Waals surface area contributed by atoms with Crippen molar-refractivity contribution in [3.8, 4) is 6.19 Å². The highest BCUT2D eigenvalue weighted by Gasteiger charge is 2.49. The molecule has 1 unspecified atom stereocenters. The molecule has 1 saturated heterocycles. The number of anilines is 2. The minimum atomic E-state index is -0.711. The van der Waals surface area contributed by atoms with Crippen molar-refractivity contribution >= 4 is 17.4 Å². The van der Waals surface area contributed by atoms with E-state index in [-0.39, 0.29) is 5.91 Å². The molecule has 0 aromatic carbocycles. The van der Waals surface area contributed by atoms with Crippen LogP contribution in [0.1, 0.15) is 6.42 Å². The van der Waals surface area contributed by atoms with Crippen molar-refractivity contribution in [2.75, 3.05) is 23.7 Å². The Morgan fingerprint density at radius 3 is 3.24 bits per heavy atom. The van der Waals surface area contributed by atoms with Gasteiger partial charge in [-0.2, -0.15) is 5.26 Å². The lowest BCUT2D eigenvalue weighted by Gasteiger charge is -2.34. The second kappa shape index (κ2) is 3.35. The monoisotopic (exact) mass is 229 g/mol. The Balaban J connectivity index is 1.94. The Bertz CT molecular complexity index is 523. The first-order valence-corrected chi connectivity index (χ1v) is 5.44. The lowest BCUT2D eigenvalue weighted by molar-refractivity contribution is -0.128. The van der Waals surface area contributed by atoms with Crippen LogP contribution in [0.5, 0.6) is 0 Å². The summed E-state index contributed by atoms with van der Waals surface area (Å²) in [6, 6.07) is 3.74. The van der Waals surface area contributed by atoms with Gasteiger partial charge in [-0.05, 0) is 12.1 Å². The molecule has 1 atom stereocenters. The first-order valence-electron chi connectivity index (χ1n) is 5.44. The molecule has 3 heterocycles. The van der Waals surface area contributed by atoms with E-state index in [2.05, 4.69) is 15.6 Å². The fourth-order valence-corrected chi connectivity index (χ4v) is 2.31. The number of carbonyl (C=O) groups is 1. The van der Waals surface area contributed by atoms with Crippen molar-refractivity contribution < 1.29 is 4.79 Å². The Labute approximate surface area is 98.2 Å². The Kier molecular flexibility index (Phi) is 1.95. The second-order valence-corrected chi connectivity index (χ2v) is 4.27. The van der Waals surface area contributed by atoms with E-state index in [4.69, 9.17) is 5.26 Å². The van der Waals surface area contributed by atoms with E-state index in [1.165, 1.54) is 4.90 Å². The number of nitriles is 1. The van der Waals surface area contributed by atoms with E-state index in [0.29, 0.717) is 25.3 Å². The van der Waals surface area contributed by atoms with Gasteiger partial charge in [0, 0.05) is 25.7 Å². The van der Waals surface area contributed by atoms with Crippen molar-refractivity contribution in [3.63, 3.8) is 0 Å². The summed E-state index contributed by atoms with van der Waals surface area (Å²) in [5.74, 6) is 0.496. The van der Waals surface area contributed by atoms with Crippen molar-refractivity contribution in [1.82, 2.24) is 9.88 Å². The predicted molar refractivity (Wildman–Crippen MR) is 61.0 cm³/mol. The summed E-state index contributed by atoms with van der Waals surface area (Å²) >= 11 is 0. The molecule has 1 fully saturated rings. The van der Waals surface area contributed by atoms with Crippen LogP contribution >= 0.6 is 0 Å². The third-order valence-electron chi connectivity index (χ3n) is 3.28. The second-order valence-electron chi connectivity index (χ2n) is 4.27. The summed E-state index contributed by atoms with van der Waals surface area (Å²) in [7, 11) is 0. The average Bonchev–Trinajstić information content (AvgIpc) is 2.67. The standard InChI is InChI=1S/C11H11N5O/c12-7-16-5-3-11(10(16)17)6-14-8-2-1-4-13-9(8)15-11/h1-2,4,14H,3,5-6H2,(H,13,15). The van der Waals surface area contributed by atoms with Crippen LogP contribution in [0.15, 0.2) is 18.3 Å². The minimum absolute atomic E-state index is 0.177. The van der Waals surface area contributed by atoms with E-state index >= 15 is 0 Å². The lowest BCUT2D eigenvalue weighted by Crippen LogP contribution is -2.53. The molecule has 2 aliphatic heterocycles. The van der Waals surface area contributed by atoms with Gasteiger partial charge >= 0.3 is 0 Å². The average molecular weight is 229 g/mol. The van der Waals surface area contributed by atoms with Crippen LogP contribution in [0.4, 0.5) is 11.5 Å². The van der Waals surface area contributed by atoms with E-state index < -0.39 is 5.54 Å². The number of pyridine rings is 1. The molecule has 17 heavy (non-hydrogen) atoms. The fraction of sp³-hybridized carbons (Fsp3) is 0.364. The number of hydrogen-bond acceptors (Lipinski definition) is 5. The number of nitrogens with one attached hydrogen (secondary N) is 2. The third-order valence-corrected chi connectivity index (χ3v) is 3.28. The normalized spacial score (nSPS) is 26.1. The molecule has 0 radical (unpaired) electrons. The van der Waals surface area contributed by atoms with Crippen LogP contribution in [0.2, 0.25) is 0 Å². The summed E-state index contributed by atoms with van der Waals surface area (Å²) in [6.45, 7) is 0.953. The van der Waals surface area contributed by atoms with Crippen molar-refractivity contribution in [3.05, 3.63) is 18.3 Å². The van der Waals surface area contributed by atoms with Gasteiger partial charge in [-0.3, -0.25) is 4.79 Å². The molecule has 2 N–H and O–H groups in total. The summed E-state index contributed by atoms with van der Waals surface area (Å²) in [4.78, 5) is 17.5. The van der Waals surface area contributed by atoms with Crippen LogP contribution in [0.25, 0.3) is 0 Å². The largest absolute Gasteiger partial charge is 0.379 e. The maximum absolute atomic E-state index is 12.1. The molecule has 0 aliphatic carbocycles. The Hall–Kier alpha value is -2.29. The SMILES string of the molecule is N#CN1CCC2(CNc3cccnc3N2)C1=O. The Morgan fingerprint density at radius 1 is 1.59 bits per heavy atom. The highest BCUT2D eigenvalue weighted by Crippen LogP contribution is 2.33. The molecule has 1 aromatic rings. The highest BCUT2D eigenvalue weighted by molar-refractivity contribution is 5.95. The molecule has 0 saturated carbocycles. The summed E-state index contributed by atoms with van der Waals surface area (Å²) < 4.78 is 0. The van der Waals surface area contributed by atoms with E-state index in [9.17, 15) is 4.79 Å². The third kappa shape index (κ3) is 1.32. The molecule has 86 valence electrons. The highest BCUT2D eigenvalue weighted by atomic mass is 16.2. The molecule has 0 bridgehead atoms. The van der Waals surface area contributed by atoms with Crippen LogP contribution < -0.4 is 10.6 Å². The summed E-state index contributed by atoms with van der Waals surface area (Å²) in [6.07, 6.45) is 4.19. The zero-order chi connectivity index (χ0) is 11.9. The van der Waals surface area contributed by atoms with Crippen molar-refractivity contribution in [1.29, 1.82) is 5.26 Å². The van der Waals surface area contributed by atoms with Crippen molar-refractivity contribution in [2.45, 2.75) is 12.0 Å². The Morgan fingerprint density at radius 2 is 2.47 bits per heavy atom. The quantitative estimate of drug-likeness (QED) is 0.628. The molecule has 1 spiro atoms. The van der Waals surface area contributed by atoms with E-state index in [1.807, 2.05) is 18.3 Å². The summed E-state index contributed by atoms with van der Waals surface area (Å²) in [5.41, 5.74) is 0.179. The van der Waals surface area contributed by atoms with Gasteiger partial charge in [0.2, 0.25) is 0 Å². The van der Waals surface area contributed by atoms with Crippen LogP contribution in [-0.2, 0) is 4.79 Å². The van der Waals surface area contributed by atoms with Crippen molar-refractivity contribution in [2.24, 2.45) is 0 Å². The zero-order valence-electron chi connectivity index (χ0n) is 9.10. The lowest BCUT2D eigenvalue weighted by atomic mass is 9.95. The van der Waals surface area contributed by atoms with Gasteiger partial charge in [0.05, 0.1) is 5.69 Å². The first-order chi connectivity index (χ1) is 8.25. The number of likely N-dealkylation sites (tertiary alicyclic amines) is 1. The fourth-order valence-electron chi connectivity index (χ4n) is 2.31. The molecular weight excluding hydrogens is 218 g/mol. The van der Waals surface area contributed by atoms with E-state index in [0.717, 1.165) is 5.69 Å². The van der Waals surface area contributed by atoms with Gasteiger partial charge in [0.25, 0.3) is 5.91 Å². The van der Waals surface area contributed by atoms with Crippen LogP contribution in [-0.4, -0.2) is 34.4 Å². The molecular formula is C11H11N5O. The van der Waals surface area contributed by atoms with Gasteiger partial charge < -0.3 is 10.6 Å². The van der Waals surface area contributed by atoms with Gasteiger partial charge in [-0.15, -0.1) is 0 Å². The summed E-state index contributed by atoms with van der Waals surface area (Å²) in [5, 5.41) is 15.2. The van der Waals surface area contributed by atoms with Crippen LogP contribution in [0.3, 0.4) is 0 Å².